The van der Waals surface area contributed by atoms with Crippen LogP contribution in [0.15, 0.2) is 29.9 Å². The molecule has 106 valence electrons. The fourth-order valence-corrected chi connectivity index (χ4v) is 2.94. The number of carbonyl (C=O) groups excluding carboxylic acids is 1. The number of hydrogen-bond donors (Lipinski definition) is 0. The molecule has 8 heteroatoms. The van der Waals surface area contributed by atoms with Crippen molar-refractivity contribution < 1.29 is 17.9 Å². The topological polar surface area (TPSA) is 81.5 Å². The Morgan fingerprint density at radius 3 is 2.79 bits per heavy atom. The SMILES string of the molecule is C=CCN(CC(=O)OCC)S(=O)(=O)c1ccnn1C. The van der Waals surface area contributed by atoms with Crippen LogP contribution >= 0.6 is 0 Å². The van der Waals surface area contributed by atoms with Crippen LogP contribution in [0.4, 0.5) is 0 Å². The largest absolute Gasteiger partial charge is 0.465 e. The third kappa shape index (κ3) is 3.65. The predicted molar refractivity (Wildman–Crippen MR) is 68.8 cm³/mol. The Labute approximate surface area is 112 Å². The maximum absolute atomic E-state index is 12.4. The van der Waals surface area contributed by atoms with Crippen molar-refractivity contribution in [3.8, 4) is 0 Å². The number of aryl methyl sites for hydroxylation is 1. The van der Waals surface area contributed by atoms with E-state index in [9.17, 15) is 13.2 Å². The van der Waals surface area contributed by atoms with Gasteiger partial charge in [0.1, 0.15) is 6.54 Å². The van der Waals surface area contributed by atoms with Gasteiger partial charge in [-0.2, -0.15) is 9.40 Å². The zero-order valence-electron chi connectivity index (χ0n) is 10.9. The Bertz CT molecular complexity index is 550. The summed E-state index contributed by atoms with van der Waals surface area (Å²) in [6.45, 7) is 5.02. The van der Waals surface area contributed by atoms with Crippen LogP contribution in [0.25, 0.3) is 0 Å². The van der Waals surface area contributed by atoms with Gasteiger partial charge >= 0.3 is 5.97 Å². The first kappa shape index (κ1) is 15.4. The highest BCUT2D eigenvalue weighted by molar-refractivity contribution is 7.89. The van der Waals surface area contributed by atoms with Crippen molar-refractivity contribution in [1.29, 1.82) is 0 Å². The van der Waals surface area contributed by atoms with Crippen molar-refractivity contribution in [2.75, 3.05) is 19.7 Å². The van der Waals surface area contributed by atoms with Gasteiger partial charge in [-0.1, -0.05) is 6.08 Å². The summed E-state index contributed by atoms with van der Waals surface area (Å²) in [6.07, 6.45) is 2.79. The zero-order chi connectivity index (χ0) is 14.5. The molecule has 0 amide bonds. The molecule has 0 saturated heterocycles. The highest BCUT2D eigenvalue weighted by Gasteiger charge is 2.28. The summed E-state index contributed by atoms with van der Waals surface area (Å²) >= 11 is 0. The van der Waals surface area contributed by atoms with Crippen LogP contribution in [-0.2, 0) is 26.6 Å². The fraction of sp³-hybridized carbons (Fsp3) is 0.455. The van der Waals surface area contributed by atoms with Crippen LogP contribution in [0, 0.1) is 0 Å². The third-order valence-corrected chi connectivity index (χ3v) is 4.21. The molecule has 1 rings (SSSR count). The molecule has 7 nitrogen and oxygen atoms in total. The van der Waals surface area contributed by atoms with E-state index >= 15 is 0 Å². The van der Waals surface area contributed by atoms with Gasteiger partial charge in [-0.25, -0.2) is 8.42 Å². The maximum atomic E-state index is 12.4. The molecule has 0 N–H and O–H groups in total. The smallest absolute Gasteiger partial charge is 0.321 e. The standard InChI is InChI=1S/C11H17N3O4S/c1-4-8-14(9-11(15)18-5-2)19(16,17)10-6-7-12-13(10)3/h4,6-7H,1,5,8-9H2,2-3H3. The number of sulfonamides is 1. The molecule has 0 bridgehead atoms. The van der Waals surface area contributed by atoms with Crippen LogP contribution in [-0.4, -0.2) is 48.2 Å². The van der Waals surface area contributed by atoms with Crippen molar-refractivity contribution in [1.82, 2.24) is 14.1 Å². The molecule has 0 aromatic carbocycles. The minimum absolute atomic E-state index is 0.0126. The number of ether oxygens (including phenoxy) is 1. The normalized spacial score (nSPS) is 11.5. The average molecular weight is 287 g/mol. The molecule has 0 radical (unpaired) electrons. The summed E-state index contributed by atoms with van der Waals surface area (Å²) < 4.78 is 31.7. The number of nitrogens with zero attached hydrogens (tertiary/aromatic N) is 3. The van der Waals surface area contributed by atoms with Crippen molar-refractivity contribution in [2.45, 2.75) is 11.9 Å². The minimum Gasteiger partial charge on any atom is -0.465 e. The van der Waals surface area contributed by atoms with E-state index in [1.54, 1.807) is 6.92 Å². The fourth-order valence-electron chi connectivity index (χ4n) is 1.49. The van der Waals surface area contributed by atoms with Crippen LogP contribution in [0.2, 0.25) is 0 Å². The molecule has 19 heavy (non-hydrogen) atoms. The first-order valence-corrected chi connectivity index (χ1v) is 7.12. The van der Waals surface area contributed by atoms with Gasteiger partial charge in [0.05, 0.1) is 12.8 Å². The van der Waals surface area contributed by atoms with E-state index in [0.717, 1.165) is 4.31 Å². The molecule has 0 aliphatic rings. The van der Waals surface area contributed by atoms with Crippen LogP contribution < -0.4 is 0 Å². The van der Waals surface area contributed by atoms with Gasteiger partial charge in [0.2, 0.25) is 0 Å². The number of rotatable bonds is 7. The number of esters is 1. The molecular formula is C11H17N3O4S. The monoisotopic (exact) mass is 287 g/mol. The molecule has 1 aromatic heterocycles. The lowest BCUT2D eigenvalue weighted by Crippen LogP contribution is -2.37. The average Bonchev–Trinajstić information content (AvgIpc) is 2.76. The first-order valence-electron chi connectivity index (χ1n) is 5.68. The Kier molecular flexibility index (Phi) is 5.25. The molecule has 0 fully saturated rings. The van der Waals surface area contributed by atoms with E-state index in [2.05, 4.69) is 11.7 Å². The maximum Gasteiger partial charge on any atom is 0.321 e. The summed E-state index contributed by atoms with van der Waals surface area (Å²) in [5.41, 5.74) is 0. The molecule has 1 heterocycles. The molecule has 0 aliphatic heterocycles. The van der Waals surface area contributed by atoms with Crippen LogP contribution in [0.3, 0.4) is 0 Å². The Hall–Kier alpha value is -1.67. The minimum atomic E-state index is -3.80. The van der Waals surface area contributed by atoms with E-state index in [0.29, 0.717) is 0 Å². The molecule has 0 atom stereocenters. The van der Waals surface area contributed by atoms with E-state index in [4.69, 9.17) is 4.74 Å². The highest BCUT2D eigenvalue weighted by Crippen LogP contribution is 2.14. The summed E-state index contributed by atoms with van der Waals surface area (Å²) in [7, 11) is -2.29. The van der Waals surface area contributed by atoms with Gasteiger partial charge in [0.25, 0.3) is 10.0 Å². The van der Waals surface area contributed by atoms with Crippen molar-refractivity contribution >= 4 is 16.0 Å². The van der Waals surface area contributed by atoms with Crippen molar-refractivity contribution in [3.05, 3.63) is 24.9 Å². The van der Waals surface area contributed by atoms with Gasteiger partial charge in [0, 0.05) is 13.6 Å². The van der Waals surface area contributed by atoms with Crippen LogP contribution in [0.1, 0.15) is 6.92 Å². The summed E-state index contributed by atoms with van der Waals surface area (Å²) in [5, 5.41) is 3.82. The number of hydrogen-bond acceptors (Lipinski definition) is 5. The Morgan fingerprint density at radius 2 is 2.32 bits per heavy atom. The predicted octanol–water partition coefficient (Wildman–Crippen LogP) is 0.160. The van der Waals surface area contributed by atoms with Crippen molar-refractivity contribution in [2.24, 2.45) is 7.05 Å². The molecule has 1 aromatic rings. The lowest BCUT2D eigenvalue weighted by molar-refractivity contribution is -0.143. The quantitative estimate of drug-likeness (QED) is 0.527. The van der Waals surface area contributed by atoms with Gasteiger partial charge in [-0.05, 0) is 13.0 Å². The number of aromatic nitrogens is 2. The highest BCUT2D eigenvalue weighted by atomic mass is 32.2. The van der Waals surface area contributed by atoms with Gasteiger partial charge in [0.15, 0.2) is 5.03 Å². The van der Waals surface area contributed by atoms with E-state index in [1.165, 1.54) is 30.1 Å². The van der Waals surface area contributed by atoms with Crippen LogP contribution in [0.5, 0.6) is 0 Å². The molecule has 0 unspecified atom stereocenters. The zero-order valence-corrected chi connectivity index (χ0v) is 11.8. The first-order chi connectivity index (χ1) is 8.93. The Morgan fingerprint density at radius 1 is 1.63 bits per heavy atom. The Balaban J connectivity index is 3.01. The second kappa shape index (κ2) is 6.48. The van der Waals surface area contributed by atoms with Gasteiger partial charge < -0.3 is 4.74 Å². The second-order valence-electron chi connectivity index (χ2n) is 3.68. The second-order valence-corrected chi connectivity index (χ2v) is 5.57. The molecule has 0 saturated carbocycles. The van der Waals surface area contributed by atoms with Gasteiger partial charge in [-0.15, -0.1) is 6.58 Å². The molecule has 0 aliphatic carbocycles. The van der Waals surface area contributed by atoms with E-state index in [-0.39, 0.29) is 24.7 Å². The van der Waals surface area contributed by atoms with E-state index in [1.807, 2.05) is 0 Å². The van der Waals surface area contributed by atoms with Gasteiger partial charge in [-0.3, -0.25) is 9.48 Å². The molecule has 0 spiro atoms. The summed E-state index contributed by atoms with van der Waals surface area (Å²) in [5.74, 6) is -0.602. The van der Waals surface area contributed by atoms with E-state index < -0.39 is 16.0 Å². The van der Waals surface area contributed by atoms with Crippen molar-refractivity contribution in [3.63, 3.8) is 0 Å². The summed E-state index contributed by atoms with van der Waals surface area (Å²) in [6, 6.07) is 1.37. The molecular weight excluding hydrogens is 270 g/mol. The number of carbonyl (C=O) groups is 1. The lowest BCUT2D eigenvalue weighted by Gasteiger charge is -2.19. The third-order valence-electron chi connectivity index (χ3n) is 2.32. The summed E-state index contributed by atoms with van der Waals surface area (Å²) in [4.78, 5) is 11.4. The lowest BCUT2D eigenvalue weighted by atomic mass is 10.5.